The number of likely N-dealkylation sites (tertiary alicyclic amines) is 1. The van der Waals surface area contributed by atoms with Gasteiger partial charge in [0.05, 0.1) is 37.7 Å². The predicted molar refractivity (Wildman–Crippen MR) is 136 cm³/mol. The molecule has 8 nitrogen and oxygen atoms in total. The number of aromatic hydroxyl groups is 1. The van der Waals surface area contributed by atoms with Gasteiger partial charge < -0.3 is 29.2 Å². The number of rotatable bonds is 9. The van der Waals surface area contributed by atoms with Gasteiger partial charge in [0.1, 0.15) is 17.1 Å². The van der Waals surface area contributed by atoms with Gasteiger partial charge >= 0.3 is 0 Å². The zero-order chi connectivity index (χ0) is 25.7. The number of ether oxygens (including phenoxy) is 3. The van der Waals surface area contributed by atoms with E-state index in [9.17, 15) is 14.7 Å². The normalized spacial score (nSPS) is 15.3. The number of aromatic amines is 1. The Balaban J connectivity index is 1.65. The molecule has 0 radical (unpaired) electrons. The van der Waals surface area contributed by atoms with E-state index in [1.807, 2.05) is 56.3 Å². The quantitative estimate of drug-likeness (QED) is 0.468. The summed E-state index contributed by atoms with van der Waals surface area (Å²) in [7, 11) is 1.54. The third-order valence-electron chi connectivity index (χ3n) is 6.40. The molecule has 1 fully saturated rings. The molecule has 2 aromatic carbocycles. The topological polar surface area (TPSA) is 101 Å². The fourth-order valence-electron chi connectivity index (χ4n) is 4.54. The van der Waals surface area contributed by atoms with Gasteiger partial charge in [0, 0.05) is 25.3 Å². The molecule has 1 atom stereocenters. The van der Waals surface area contributed by atoms with Crippen molar-refractivity contribution in [1.82, 2.24) is 9.88 Å². The number of amides is 1. The number of benzene rings is 2. The Hall–Kier alpha value is -3.62. The van der Waals surface area contributed by atoms with Crippen LogP contribution in [0.1, 0.15) is 40.5 Å². The Kier molecular flexibility index (Phi) is 8.07. The van der Waals surface area contributed by atoms with Gasteiger partial charge in [0.15, 0.2) is 0 Å². The molecule has 0 saturated carbocycles. The number of hydrogen-bond acceptors (Lipinski definition) is 6. The smallest absolute Gasteiger partial charge is 0.264 e. The lowest BCUT2D eigenvalue weighted by Crippen LogP contribution is -2.34. The van der Waals surface area contributed by atoms with Crippen LogP contribution in [0.15, 0.2) is 53.3 Å². The Morgan fingerprint density at radius 1 is 1.11 bits per heavy atom. The highest BCUT2D eigenvalue weighted by molar-refractivity contribution is 6.00. The van der Waals surface area contributed by atoms with E-state index in [1.165, 1.54) is 7.11 Å². The lowest BCUT2D eigenvalue weighted by molar-refractivity contribution is 0.0436. The van der Waals surface area contributed by atoms with Crippen molar-refractivity contribution in [1.29, 1.82) is 0 Å². The lowest BCUT2D eigenvalue weighted by Gasteiger charge is -2.21. The molecule has 2 N–H and O–H groups in total. The number of pyridine rings is 1. The summed E-state index contributed by atoms with van der Waals surface area (Å²) < 4.78 is 17.1. The van der Waals surface area contributed by atoms with Crippen LogP contribution in [0.2, 0.25) is 0 Å². The maximum absolute atomic E-state index is 13.5. The molecular weight excluding hydrogens is 460 g/mol. The van der Waals surface area contributed by atoms with Crippen LogP contribution in [0.4, 0.5) is 0 Å². The number of carbonyl (C=O) groups excluding carboxylic acids is 1. The van der Waals surface area contributed by atoms with E-state index < -0.39 is 11.5 Å². The zero-order valence-corrected chi connectivity index (χ0v) is 20.9. The molecule has 3 aromatic rings. The molecule has 36 heavy (non-hydrogen) atoms. The van der Waals surface area contributed by atoms with Gasteiger partial charge in [-0.3, -0.25) is 9.59 Å². The van der Waals surface area contributed by atoms with Crippen molar-refractivity contribution in [2.24, 2.45) is 0 Å². The Morgan fingerprint density at radius 3 is 2.61 bits per heavy atom. The van der Waals surface area contributed by atoms with Crippen LogP contribution < -0.4 is 10.3 Å². The average Bonchev–Trinajstić information content (AvgIpc) is 3.36. The molecule has 0 bridgehead atoms. The SMILES string of the molecule is CCOCc1[nH]c(=O)c(C(=O)N2CC[C@H](OCc3ccccc3)C2)c(O)c1-c1c(C)cccc1OC. The summed E-state index contributed by atoms with van der Waals surface area (Å²) in [5.74, 6) is -0.389. The van der Waals surface area contributed by atoms with E-state index in [0.717, 1.165) is 11.1 Å². The van der Waals surface area contributed by atoms with Crippen molar-refractivity contribution in [2.75, 3.05) is 26.8 Å². The number of aromatic nitrogens is 1. The van der Waals surface area contributed by atoms with E-state index in [2.05, 4.69) is 4.98 Å². The summed E-state index contributed by atoms with van der Waals surface area (Å²) in [5.41, 5.74) is 2.24. The zero-order valence-electron chi connectivity index (χ0n) is 20.9. The van der Waals surface area contributed by atoms with Gasteiger partial charge in [0.25, 0.3) is 11.5 Å². The largest absolute Gasteiger partial charge is 0.506 e. The summed E-state index contributed by atoms with van der Waals surface area (Å²) in [6, 6.07) is 15.3. The molecule has 0 aliphatic carbocycles. The fourth-order valence-corrected chi connectivity index (χ4v) is 4.54. The number of carbonyl (C=O) groups is 1. The van der Waals surface area contributed by atoms with Crippen molar-refractivity contribution in [2.45, 2.75) is 39.6 Å². The van der Waals surface area contributed by atoms with Crippen LogP contribution in [0.3, 0.4) is 0 Å². The number of aryl methyl sites for hydroxylation is 1. The third kappa shape index (κ3) is 5.29. The molecule has 8 heteroatoms. The first-order valence-corrected chi connectivity index (χ1v) is 12.1. The number of methoxy groups -OCH3 is 1. The van der Waals surface area contributed by atoms with E-state index in [4.69, 9.17) is 14.2 Å². The summed E-state index contributed by atoms with van der Waals surface area (Å²) in [6.07, 6.45) is 0.501. The lowest BCUT2D eigenvalue weighted by atomic mass is 9.95. The van der Waals surface area contributed by atoms with Crippen LogP contribution >= 0.6 is 0 Å². The van der Waals surface area contributed by atoms with Crippen molar-refractivity contribution in [3.05, 3.63) is 81.3 Å². The molecule has 1 aromatic heterocycles. The Bertz CT molecular complexity index is 1270. The maximum atomic E-state index is 13.5. The summed E-state index contributed by atoms with van der Waals surface area (Å²) in [5, 5.41) is 11.4. The van der Waals surface area contributed by atoms with E-state index in [1.54, 1.807) is 11.0 Å². The second-order valence-electron chi connectivity index (χ2n) is 8.78. The van der Waals surface area contributed by atoms with E-state index >= 15 is 0 Å². The summed E-state index contributed by atoms with van der Waals surface area (Å²) in [4.78, 5) is 30.9. The highest BCUT2D eigenvalue weighted by Crippen LogP contribution is 2.41. The highest BCUT2D eigenvalue weighted by atomic mass is 16.5. The first-order chi connectivity index (χ1) is 17.4. The molecule has 1 aliphatic rings. The van der Waals surface area contributed by atoms with Gasteiger partial charge in [-0.15, -0.1) is 0 Å². The second-order valence-corrected chi connectivity index (χ2v) is 8.78. The van der Waals surface area contributed by atoms with Gasteiger partial charge in [-0.25, -0.2) is 0 Å². The van der Waals surface area contributed by atoms with Crippen LogP contribution in [-0.4, -0.2) is 53.8 Å². The van der Waals surface area contributed by atoms with Gasteiger partial charge in [-0.1, -0.05) is 42.5 Å². The molecule has 1 amide bonds. The minimum absolute atomic E-state index is 0.0692. The third-order valence-corrected chi connectivity index (χ3v) is 6.40. The standard InChI is InChI=1S/C28H32N2O6/c1-4-35-17-21-24(23-18(2)9-8-12-22(23)34-3)26(31)25(27(32)29-21)28(33)30-14-13-20(15-30)36-16-19-10-6-5-7-11-19/h5-12,20H,4,13-17H2,1-3H3,(H2,29,31,32)/t20-/m0/s1. The van der Waals surface area contributed by atoms with Crippen molar-refractivity contribution in [3.63, 3.8) is 0 Å². The number of nitrogens with zero attached hydrogens (tertiary/aromatic N) is 1. The van der Waals surface area contributed by atoms with E-state index in [-0.39, 0.29) is 24.0 Å². The van der Waals surface area contributed by atoms with Gasteiger partial charge in [-0.2, -0.15) is 0 Å². The molecule has 4 rings (SSSR count). The van der Waals surface area contributed by atoms with Crippen LogP contribution in [0.5, 0.6) is 11.5 Å². The van der Waals surface area contributed by atoms with Gasteiger partial charge in [0.2, 0.25) is 0 Å². The monoisotopic (exact) mass is 492 g/mol. The van der Waals surface area contributed by atoms with Crippen molar-refractivity contribution < 1.29 is 24.1 Å². The minimum atomic E-state index is -0.655. The van der Waals surface area contributed by atoms with Crippen LogP contribution in [0.25, 0.3) is 11.1 Å². The number of hydrogen-bond donors (Lipinski definition) is 2. The highest BCUT2D eigenvalue weighted by Gasteiger charge is 2.33. The fraction of sp³-hybridized carbons (Fsp3) is 0.357. The van der Waals surface area contributed by atoms with Crippen LogP contribution in [-0.2, 0) is 22.7 Å². The molecule has 2 heterocycles. The summed E-state index contributed by atoms with van der Waals surface area (Å²) >= 11 is 0. The van der Waals surface area contributed by atoms with Crippen molar-refractivity contribution in [3.8, 4) is 22.6 Å². The van der Waals surface area contributed by atoms with Crippen LogP contribution in [0, 0.1) is 6.92 Å². The van der Waals surface area contributed by atoms with E-state index in [0.29, 0.717) is 55.3 Å². The molecular formula is C28H32N2O6. The molecule has 1 saturated heterocycles. The number of H-pyrrole nitrogens is 1. The second kappa shape index (κ2) is 11.4. The first kappa shape index (κ1) is 25.5. The summed E-state index contributed by atoms with van der Waals surface area (Å²) in [6.45, 7) is 5.43. The molecule has 0 unspecified atom stereocenters. The number of nitrogens with one attached hydrogen (secondary N) is 1. The van der Waals surface area contributed by atoms with Gasteiger partial charge in [-0.05, 0) is 37.5 Å². The molecule has 190 valence electrons. The molecule has 1 aliphatic heterocycles. The average molecular weight is 493 g/mol. The molecule has 0 spiro atoms. The Morgan fingerprint density at radius 2 is 1.89 bits per heavy atom. The predicted octanol–water partition coefficient (Wildman–Crippen LogP) is 4.03. The Labute approximate surface area is 210 Å². The maximum Gasteiger partial charge on any atom is 0.264 e. The minimum Gasteiger partial charge on any atom is -0.506 e. The van der Waals surface area contributed by atoms with Crippen molar-refractivity contribution >= 4 is 5.91 Å². The first-order valence-electron chi connectivity index (χ1n) is 12.1.